The van der Waals surface area contributed by atoms with Gasteiger partial charge in [0.1, 0.15) is 23.2 Å². The number of ether oxygens (including phenoxy) is 1. The van der Waals surface area contributed by atoms with E-state index in [9.17, 15) is 34.8 Å². The molecule has 38 heavy (non-hydrogen) atoms. The highest BCUT2D eigenvalue weighted by Gasteiger charge is 2.67. The number of rotatable bonds is 4. The molecule has 1 amide bonds. The number of phenols is 1. The molecule has 3 aliphatic rings. The van der Waals surface area contributed by atoms with E-state index in [1.54, 1.807) is 43.5 Å². The Labute approximate surface area is 218 Å². The van der Waals surface area contributed by atoms with Gasteiger partial charge in [-0.2, -0.15) is 0 Å². The van der Waals surface area contributed by atoms with Gasteiger partial charge in [0.25, 0.3) is 0 Å². The van der Waals surface area contributed by atoms with Gasteiger partial charge in [0.15, 0.2) is 11.4 Å². The zero-order chi connectivity index (χ0) is 27.7. The summed E-state index contributed by atoms with van der Waals surface area (Å²) in [6, 6.07) is 3.86. The summed E-state index contributed by atoms with van der Waals surface area (Å²) in [5, 5.41) is 44.7. The van der Waals surface area contributed by atoms with Gasteiger partial charge in [-0.3, -0.25) is 19.4 Å². The summed E-state index contributed by atoms with van der Waals surface area (Å²) in [4.78, 5) is 45.1. The number of aromatic hydroxyl groups is 1. The molecule has 2 fully saturated rings. The first-order valence-electron chi connectivity index (χ1n) is 12.2. The zero-order valence-electron chi connectivity index (χ0n) is 21.1. The molecule has 2 saturated carbocycles. The minimum absolute atomic E-state index is 0.0193. The maximum atomic E-state index is 13.9. The second-order valence-electron chi connectivity index (χ2n) is 10.4. The van der Waals surface area contributed by atoms with Crippen LogP contribution in [-0.4, -0.2) is 86.7 Å². The van der Waals surface area contributed by atoms with Gasteiger partial charge in [0, 0.05) is 29.3 Å². The average molecular weight is 524 g/mol. The van der Waals surface area contributed by atoms with Crippen LogP contribution in [0, 0.1) is 17.8 Å². The van der Waals surface area contributed by atoms with E-state index >= 15 is 0 Å². The summed E-state index contributed by atoms with van der Waals surface area (Å²) in [6.45, 7) is 0. The topological polar surface area (TPSA) is 184 Å². The summed E-state index contributed by atoms with van der Waals surface area (Å²) >= 11 is 0. The number of benzene rings is 1. The Kier molecular flexibility index (Phi) is 6.05. The van der Waals surface area contributed by atoms with Crippen LogP contribution in [0.4, 0.5) is 0 Å². The van der Waals surface area contributed by atoms with Crippen LogP contribution in [-0.2, 0) is 20.8 Å². The lowest BCUT2D eigenvalue weighted by Crippen LogP contribution is -2.73. The van der Waals surface area contributed by atoms with E-state index < -0.39 is 58.7 Å². The summed E-state index contributed by atoms with van der Waals surface area (Å²) in [7, 11) is 4.72. The number of phenolic OH excluding ortho intramolecular Hbond substituents is 1. The predicted molar refractivity (Wildman–Crippen MR) is 134 cm³/mol. The largest absolute Gasteiger partial charge is 0.507 e. The third-order valence-corrected chi connectivity index (χ3v) is 8.23. The Morgan fingerprint density at radius 3 is 2.55 bits per heavy atom. The van der Waals surface area contributed by atoms with E-state index in [4.69, 9.17) is 10.5 Å². The molecular formula is C27H29N3O8. The number of carbonyl (C=O) groups is 3. The lowest BCUT2D eigenvalue weighted by molar-refractivity contribution is -0.184. The average Bonchev–Trinajstić information content (AvgIpc) is 2.86. The molecule has 1 aromatic heterocycles. The number of aliphatic hydroxyl groups excluding tert-OH is 2. The quantitative estimate of drug-likeness (QED) is 0.347. The molecule has 1 heterocycles. The van der Waals surface area contributed by atoms with Crippen LogP contribution in [0.3, 0.4) is 0 Å². The molecule has 6 atom stereocenters. The molecule has 0 saturated heterocycles. The molecule has 3 unspecified atom stereocenters. The standard InChI is InChI=1S/C27H29N3O8/c1-30(2)21-16-8-11-7-15-14(12-6-13(38-3)10-29-9-12)4-5-17(31)19(15)22(32)18(11)24(34)27(16,37)25(35)20(23(21)33)26(28)36/h4-6,9-11,16,20-21,23,31-33,37H,7-8H2,1-3H3,(H2,28,36)/t11-,16-,20?,21?,23?,27-/m1/s1. The predicted octanol–water partition coefficient (Wildman–Crippen LogP) is 0.200. The summed E-state index contributed by atoms with van der Waals surface area (Å²) < 4.78 is 5.28. The van der Waals surface area contributed by atoms with Gasteiger partial charge in [-0.25, -0.2) is 0 Å². The van der Waals surface area contributed by atoms with E-state index in [-0.39, 0.29) is 29.7 Å². The maximum Gasteiger partial charge on any atom is 0.230 e. The number of pyridine rings is 1. The van der Waals surface area contributed by atoms with Crippen LogP contribution in [0.1, 0.15) is 17.5 Å². The number of Topliss-reactive ketones (excluding diaryl/α,β-unsaturated/α-hetero) is 2. The fraction of sp³-hybridized carbons (Fsp3) is 0.407. The summed E-state index contributed by atoms with van der Waals surface area (Å²) in [5.74, 6) is -7.24. The van der Waals surface area contributed by atoms with Crippen LogP contribution in [0.2, 0.25) is 0 Å². The first-order valence-corrected chi connectivity index (χ1v) is 12.2. The summed E-state index contributed by atoms with van der Waals surface area (Å²) in [5.41, 5.74) is 4.41. The third-order valence-electron chi connectivity index (χ3n) is 8.23. The van der Waals surface area contributed by atoms with Crippen LogP contribution in [0.5, 0.6) is 11.5 Å². The van der Waals surface area contributed by atoms with Crippen molar-refractivity contribution in [3.05, 3.63) is 47.3 Å². The highest BCUT2D eigenvalue weighted by molar-refractivity contribution is 6.25. The van der Waals surface area contributed by atoms with Crippen molar-refractivity contribution in [2.45, 2.75) is 30.6 Å². The van der Waals surface area contributed by atoms with Gasteiger partial charge < -0.3 is 35.8 Å². The van der Waals surface area contributed by atoms with Crippen LogP contribution in [0.15, 0.2) is 36.2 Å². The fourth-order valence-electron chi connectivity index (χ4n) is 6.55. The monoisotopic (exact) mass is 523 g/mol. The second kappa shape index (κ2) is 8.90. The van der Waals surface area contributed by atoms with Gasteiger partial charge >= 0.3 is 0 Å². The Morgan fingerprint density at radius 1 is 1.21 bits per heavy atom. The molecule has 1 aromatic carbocycles. The molecule has 6 N–H and O–H groups in total. The lowest BCUT2D eigenvalue weighted by atomic mass is 9.54. The Hall–Kier alpha value is -3.80. The van der Waals surface area contributed by atoms with Crippen molar-refractivity contribution in [3.8, 4) is 22.6 Å². The molecule has 200 valence electrons. The number of ketones is 2. The van der Waals surface area contributed by atoms with E-state index in [1.165, 1.54) is 13.2 Å². The van der Waals surface area contributed by atoms with Gasteiger partial charge in [0.05, 0.1) is 25.0 Å². The fourth-order valence-corrected chi connectivity index (χ4v) is 6.55. The number of aliphatic hydroxyl groups is 3. The number of nitrogens with zero attached hydrogens (tertiary/aromatic N) is 2. The number of aromatic nitrogens is 1. The number of hydrogen-bond acceptors (Lipinski definition) is 10. The van der Waals surface area contributed by atoms with Crippen molar-refractivity contribution < 1.29 is 39.5 Å². The third kappa shape index (κ3) is 3.46. The van der Waals surface area contributed by atoms with Gasteiger partial charge in [-0.15, -0.1) is 0 Å². The number of methoxy groups -OCH3 is 1. The van der Waals surface area contributed by atoms with Crippen molar-refractivity contribution in [3.63, 3.8) is 0 Å². The smallest absolute Gasteiger partial charge is 0.230 e. The molecule has 0 bridgehead atoms. The molecule has 11 heteroatoms. The normalized spacial score (nSPS) is 30.5. The second-order valence-corrected chi connectivity index (χ2v) is 10.4. The maximum absolute atomic E-state index is 13.9. The van der Waals surface area contributed by atoms with Gasteiger partial charge in [-0.1, -0.05) is 6.07 Å². The van der Waals surface area contributed by atoms with Crippen LogP contribution in [0.25, 0.3) is 16.9 Å². The molecule has 11 nitrogen and oxygen atoms in total. The molecular weight excluding hydrogens is 494 g/mol. The van der Waals surface area contributed by atoms with Crippen molar-refractivity contribution in [1.82, 2.24) is 9.88 Å². The molecule has 3 aliphatic carbocycles. The van der Waals surface area contributed by atoms with Crippen molar-refractivity contribution in [2.24, 2.45) is 23.5 Å². The lowest BCUT2D eigenvalue weighted by Gasteiger charge is -2.53. The highest BCUT2D eigenvalue weighted by atomic mass is 16.5. The van der Waals surface area contributed by atoms with Crippen molar-refractivity contribution >= 4 is 23.2 Å². The number of hydrogen-bond donors (Lipinski definition) is 5. The van der Waals surface area contributed by atoms with E-state index in [1.807, 2.05) is 0 Å². The Balaban J connectivity index is 1.70. The number of fused-ring (bicyclic) bond motifs is 3. The molecule has 0 spiro atoms. The van der Waals surface area contributed by atoms with E-state index in [2.05, 4.69) is 4.98 Å². The molecule has 2 aromatic rings. The highest BCUT2D eigenvalue weighted by Crippen LogP contribution is 2.53. The Bertz CT molecular complexity index is 1400. The summed E-state index contributed by atoms with van der Waals surface area (Å²) in [6.07, 6.45) is 1.85. The number of nitrogens with two attached hydrogens (primary N) is 1. The van der Waals surface area contributed by atoms with Crippen molar-refractivity contribution in [1.29, 1.82) is 0 Å². The molecule has 0 radical (unpaired) electrons. The van der Waals surface area contributed by atoms with Crippen LogP contribution < -0.4 is 10.5 Å². The Morgan fingerprint density at radius 2 is 1.92 bits per heavy atom. The molecule has 0 aliphatic heterocycles. The van der Waals surface area contributed by atoms with Gasteiger partial charge in [0.2, 0.25) is 11.7 Å². The van der Waals surface area contributed by atoms with E-state index in [0.29, 0.717) is 22.4 Å². The van der Waals surface area contributed by atoms with Crippen molar-refractivity contribution in [2.75, 3.05) is 21.2 Å². The molecule has 5 rings (SSSR count). The number of primary amides is 1. The first kappa shape index (κ1) is 25.8. The minimum atomic E-state index is -2.69. The van der Waals surface area contributed by atoms with E-state index in [0.717, 1.165) is 0 Å². The SMILES string of the molecule is COc1cncc(-c2ccc(O)c3c2C[C@@H]2C[C@@H]4C(N(C)C)C(O)C(C(N)=O)C(=O)[C@]4(O)C(=O)C2=C3O)c1. The number of amides is 1. The van der Waals surface area contributed by atoms with Crippen LogP contribution >= 0.6 is 0 Å². The first-order chi connectivity index (χ1) is 17.9. The van der Waals surface area contributed by atoms with Gasteiger partial charge in [-0.05, 0) is 56.1 Å². The zero-order valence-corrected chi connectivity index (χ0v) is 21.1. The number of likely N-dealkylation sites (N-methyl/N-ethyl adjacent to an activating group) is 1. The number of carbonyl (C=O) groups excluding carboxylic acids is 3. The minimum Gasteiger partial charge on any atom is -0.507 e.